The predicted molar refractivity (Wildman–Crippen MR) is 94.6 cm³/mol. The lowest BCUT2D eigenvalue weighted by molar-refractivity contribution is 0.160. The Labute approximate surface area is 144 Å². The number of hydrogen-bond donors (Lipinski definition) is 3. The van der Waals surface area contributed by atoms with Gasteiger partial charge in [0.25, 0.3) is 0 Å². The maximum atomic E-state index is 10.2. The summed E-state index contributed by atoms with van der Waals surface area (Å²) >= 11 is 1.39. The number of ether oxygens (including phenoxy) is 1. The Morgan fingerprint density at radius 3 is 2.71 bits per heavy atom. The molecule has 0 spiro atoms. The summed E-state index contributed by atoms with van der Waals surface area (Å²) in [6, 6.07) is 7.58. The predicted octanol–water partition coefficient (Wildman–Crippen LogP) is 2.76. The van der Waals surface area contributed by atoms with Gasteiger partial charge in [-0.3, -0.25) is 5.41 Å². The Bertz CT molecular complexity index is 781. The first-order chi connectivity index (χ1) is 11.5. The molecule has 1 aliphatic heterocycles. The molecule has 0 fully saturated rings. The van der Waals surface area contributed by atoms with Crippen molar-refractivity contribution in [3.05, 3.63) is 40.4 Å². The molecule has 1 aliphatic rings. The molecule has 2 heterocycles. The summed E-state index contributed by atoms with van der Waals surface area (Å²) in [7, 11) is 1.62. The van der Waals surface area contributed by atoms with E-state index in [1.54, 1.807) is 18.9 Å². The van der Waals surface area contributed by atoms with Crippen molar-refractivity contribution in [3.63, 3.8) is 0 Å². The molecule has 0 radical (unpaired) electrons. The summed E-state index contributed by atoms with van der Waals surface area (Å²) in [5.41, 5.74) is 2.18. The van der Waals surface area contributed by atoms with Crippen LogP contribution < -0.4 is 4.74 Å². The van der Waals surface area contributed by atoms with E-state index in [2.05, 4.69) is 4.98 Å². The second-order valence-corrected chi connectivity index (χ2v) is 6.52. The fraction of sp³-hybridized carbons (Fsp3) is 0.294. The number of rotatable bonds is 5. The van der Waals surface area contributed by atoms with Crippen LogP contribution in [0.2, 0.25) is 0 Å². The minimum atomic E-state index is -0.566. The SMILES string of the molecule is COc1ccc(-c2csc(C3=C(O)CN(C[C@@H](C)O)C3=N)n2)cc1. The number of hydrogen-bond acceptors (Lipinski definition) is 6. The lowest BCUT2D eigenvalue weighted by Crippen LogP contribution is -2.33. The molecule has 0 aliphatic carbocycles. The molecular formula is C17H19N3O3S. The van der Waals surface area contributed by atoms with E-state index in [1.165, 1.54) is 11.3 Å². The molecule has 0 unspecified atom stereocenters. The third-order valence-electron chi connectivity index (χ3n) is 3.77. The molecule has 2 aromatic rings. The first-order valence-corrected chi connectivity index (χ1v) is 8.42. The van der Waals surface area contributed by atoms with Gasteiger partial charge in [-0.05, 0) is 31.2 Å². The number of aromatic nitrogens is 1. The second kappa shape index (κ2) is 6.62. The number of aliphatic hydroxyl groups excluding tert-OH is 2. The van der Waals surface area contributed by atoms with Gasteiger partial charge in [0, 0.05) is 17.5 Å². The van der Waals surface area contributed by atoms with Crippen LogP contribution in [0.1, 0.15) is 11.9 Å². The van der Waals surface area contributed by atoms with Crippen LogP contribution in [0.4, 0.5) is 0 Å². The molecule has 0 saturated carbocycles. The van der Waals surface area contributed by atoms with Gasteiger partial charge >= 0.3 is 0 Å². The van der Waals surface area contributed by atoms with Crippen molar-refractivity contribution in [3.8, 4) is 17.0 Å². The van der Waals surface area contributed by atoms with Crippen molar-refractivity contribution < 1.29 is 14.9 Å². The molecule has 1 aromatic carbocycles. The molecule has 6 nitrogen and oxygen atoms in total. The van der Waals surface area contributed by atoms with Crippen molar-refractivity contribution >= 4 is 22.7 Å². The zero-order valence-electron chi connectivity index (χ0n) is 13.5. The minimum Gasteiger partial charge on any atom is -0.510 e. The molecule has 24 heavy (non-hydrogen) atoms. The van der Waals surface area contributed by atoms with E-state index in [0.29, 0.717) is 17.1 Å². The topological polar surface area (TPSA) is 89.7 Å². The highest BCUT2D eigenvalue weighted by Crippen LogP contribution is 2.32. The molecule has 0 bridgehead atoms. The van der Waals surface area contributed by atoms with Crippen molar-refractivity contribution in [2.24, 2.45) is 0 Å². The molecule has 3 rings (SSSR count). The lowest BCUT2D eigenvalue weighted by atomic mass is 10.1. The van der Waals surface area contributed by atoms with Crippen LogP contribution >= 0.6 is 11.3 Å². The van der Waals surface area contributed by atoms with Crippen molar-refractivity contribution in [2.45, 2.75) is 13.0 Å². The van der Waals surface area contributed by atoms with Crippen LogP contribution in [0.3, 0.4) is 0 Å². The second-order valence-electron chi connectivity index (χ2n) is 5.67. The number of benzene rings is 1. The van der Waals surface area contributed by atoms with Crippen LogP contribution in [0.15, 0.2) is 35.4 Å². The van der Waals surface area contributed by atoms with Gasteiger partial charge in [-0.25, -0.2) is 4.98 Å². The van der Waals surface area contributed by atoms with Crippen molar-refractivity contribution in [1.29, 1.82) is 5.41 Å². The van der Waals surface area contributed by atoms with Crippen LogP contribution in [0.5, 0.6) is 5.75 Å². The third kappa shape index (κ3) is 3.13. The van der Waals surface area contributed by atoms with Crippen LogP contribution in [0, 0.1) is 5.41 Å². The van der Waals surface area contributed by atoms with E-state index in [9.17, 15) is 10.2 Å². The van der Waals surface area contributed by atoms with E-state index in [1.807, 2.05) is 29.6 Å². The monoisotopic (exact) mass is 345 g/mol. The molecular weight excluding hydrogens is 326 g/mol. The Balaban J connectivity index is 1.84. The maximum absolute atomic E-state index is 10.2. The summed E-state index contributed by atoms with van der Waals surface area (Å²) in [5.74, 6) is 1.10. The third-order valence-corrected chi connectivity index (χ3v) is 4.63. The minimum absolute atomic E-state index is 0.122. The van der Waals surface area contributed by atoms with Gasteiger partial charge in [0.2, 0.25) is 0 Å². The number of β-amino-alcohol motifs (C(OH)–C–C–N with tert-alkyl or cyclic N) is 1. The largest absolute Gasteiger partial charge is 0.510 e. The number of methoxy groups -OCH3 is 1. The molecule has 1 aromatic heterocycles. The summed E-state index contributed by atoms with van der Waals surface area (Å²) in [6.07, 6.45) is -0.566. The normalized spacial score (nSPS) is 16.0. The van der Waals surface area contributed by atoms with E-state index < -0.39 is 6.10 Å². The Hall–Kier alpha value is -2.38. The maximum Gasteiger partial charge on any atom is 0.135 e. The smallest absolute Gasteiger partial charge is 0.135 e. The molecule has 126 valence electrons. The molecule has 0 saturated heterocycles. The first kappa shape index (κ1) is 16.5. The molecule has 7 heteroatoms. The van der Waals surface area contributed by atoms with Crippen LogP contribution in [-0.4, -0.2) is 52.2 Å². The fourth-order valence-electron chi connectivity index (χ4n) is 2.62. The lowest BCUT2D eigenvalue weighted by Gasteiger charge is -2.19. The summed E-state index contributed by atoms with van der Waals surface area (Å²) in [5, 5.41) is 30.5. The van der Waals surface area contributed by atoms with Crippen LogP contribution in [0.25, 0.3) is 16.8 Å². The highest BCUT2D eigenvalue weighted by atomic mass is 32.1. The van der Waals surface area contributed by atoms with Gasteiger partial charge in [0.05, 0.1) is 31.0 Å². The fourth-order valence-corrected chi connectivity index (χ4v) is 3.51. The number of aliphatic hydroxyl groups is 2. The molecule has 1 atom stereocenters. The summed E-state index contributed by atoms with van der Waals surface area (Å²) < 4.78 is 5.15. The summed E-state index contributed by atoms with van der Waals surface area (Å²) in [4.78, 5) is 6.20. The highest BCUT2D eigenvalue weighted by Gasteiger charge is 2.30. The number of nitrogens with zero attached hydrogens (tertiary/aromatic N) is 2. The van der Waals surface area contributed by atoms with Crippen LogP contribution in [-0.2, 0) is 0 Å². The van der Waals surface area contributed by atoms with E-state index in [0.717, 1.165) is 17.0 Å². The van der Waals surface area contributed by atoms with E-state index in [4.69, 9.17) is 10.1 Å². The number of thiazole rings is 1. The van der Waals surface area contributed by atoms with Crippen molar-refractivity contribution in [1.82, 2.24) is 9.88 Å². The quantitative estimate of drug-likeness (QED) is 0.775. The van der Waals surface area contributed by atoms with Gasteiger partial charge in [-0.1, -0.05) is 0 Å². The zero-order valence-corrected chi connectivity index (χ0v) is 14.3. The van der Waals surface area contributed by atoms with Gasteiger partial charge in [-0.15, -0.1) is 11.3 Å². The highest BCUT2D eigenvalue weighted by molar-refractivity contribution is 7.11. The summed E-state index contributed by atoms with van der Waals surface area (Å²) in [6.45, 7) is 2.20. The first-order valence-electron chi connectivity index (χ1n) is 7.54. The number of amidine groups is 1. The Morgan fingerprint density at radius 2 is 2.08 bits per heavy atom. The zero-order chi connectivity index (χ0) is 17.3. The van der Waals surface area contributed by atoms with Gasteiger partial charge in [-0.2, -0.15) is 0 Å². The Kier molecular flexibility index (Phi) is 4.55. The van der Waals surface area contributed by atoms with E-state index >= 15 is 0 Å². The number of nitrogens with one attached hydrogen (secondary N) is 1. The Morgan fingerprint density at radius 1 is 1.38 bits per heavy atom. The standard InChI is InChI=1S/C17H19N3O3S/c1-10(21)7-20-8-14(22)15(16(20)18)17-19-13(9-24-17)11-3-5-12(23-2)6-4-11/h3-6,9-10,18,21-22H,7-8H2,1-2H3/t10-/m1/s1. The van der Waals surface area contributed by atoms with Gasteiger partial charge in [0.1, 0.15) is 22.4 Å². The average Bonchev–Trinajstić information content (AvgIpc) is 3.12. The van der Waals surface area contributed by atoms with Crippen molar-refractivity contribution in [2.75, 3.05) is 20.2 Å². The average molecular weight is 345 g/mol. The van der Waals surface area contributed by atoms with Gasteiger partial charge in [0.15, 0.2) is 0 Å². The van der Waals surface area contributed by atoms with E-state index in [-0.39, 0.29) is 18.1 Å². The molecule has 0 amide bonds. The molecule has 3 N–H and O–H groups in total. The van der Waals surface area contributed by atoms with Gasteiger partial charge < -0.3 is 19.8 Å².